The van der Waals surface area contributed by atoms with Crippen molar-refractivity contribution in [2.45, 2.75) is 157 Å². The highest BCUT2D eigenvalue weighted by atomic mass is 32.2. The minimum Gasteiger partial charge on any atom is -0.368 e. The Bertz CT molecular complexity index is 4580. The Morgan fingerprint density at radius 1 is 0.372 bits per heavy atom. The number of likely N-dealkylation sites (tertiary alicyclic amines) is 1. The highest BCUT2D eigenvalue weighted by Crippen LogP contribution is 2.39. The average molecular weight is 1710 g/mol. The summed E-state index contributed by atoms with van der Waals surface area (Å²) in [4.78, 5) is 65.0. The first-order valence-corrected chi connectivity index (χ1v) is 48.3. The molecule has 8 aliphatic rings. The quantitative estimate of drug-likeness (QED) is 0.0318. The lowest BCUT2D eigenvalue weighted by Crippen LogP contribution is -2.44. The number of hydrogen-bond acceptors (Lipinski definition) is 20. The summed E-state index contributed by atoms with van der Waals surface area (Å²) in [6.07, 6.45) is 5.75. The number of benzene rings is 6. The molecule has 7 aliphatic heterocycles. The lowest BCUT2D eigenvalue weighted by atomic mass is 9.95. The predicted octanol–water partition coefficient (Wildman–Crippen LogP) is 12.9. The SMILES string of the molecule is CC(=O)Nc1cc(C(C)C)ccc1N1CCNCC1.CC(C)c1ccc(N2CCNCC2)c(C(=O)C2CC2)c1.CC(C)c1ccc(N2CCNCC2)c(NS(C)(=O)=O)c1.CC(C)c1ccc(N2CCNCC2)c(S(C)(=O)=O)c1.CC1CCN(C(=O)c2cc(C(C)C)ccc2N2CCNCC2)C1.CNC(=O)Nc1cc(C(C)C)ccc1N1CCNCC1. The van der Waals surface area contributed by atoms with E-state index in [4.69, 9.17) is 0 Å². The Kier molecular flexibility index (Phi) is 36.8. The second kappa shape index (κ2) is 46.3. The van der Waals surface area contributed by atoms with Gasteiger partial charge in [-0.3, -0.25) is 19.1 Å². The zero-order chi connectivity index (χ0) is 87.7. The van der Waals surface area contributed by atoms with E-state index in [9.17, 15) is 36.0 Å². The summed E-state index contributed by atoms with van der Waals surface area (Å²) in [6.45, 7) is 54.2. The van der Waals surface area contributed by atoms with Gasteiger partial charge in [0.1, 0.15) is 0 Å². The summed E-state index contributed by atoms with van der Waals surface area (Å²) < 4.78 is 49.9. The van der Waals surface area contributed by atoms with Crippen LogP contribution in [0.25, 0.3) is 0 Å². The molecule has 666 valence electrons. The number of urea groups is 1. The fourth-order valence-corrected chi connectivity index (χ4v) is 17.4. The van der Waals surface area contributed by atoms with Crippen molar-refractivity contribution in [1.29, 1.82) is 0 Å². The van der Waals surface area contributed by atoms with Gasteiger partial charge in [0, 0.05) is 213 Å². The third-order valence-electron chi connectivity index (χ3n) is 23.5. The van der Waals surface area contributed by atoms with E-state index < -0.39 is 19.9 Å². The summed E-state index contributed by atoms with van der Waals surface area (Å²) in [5.41, 5.74) is 17.8. The number of sulfone groups is 1. The first kappa shape index (κ1) is 96.3. The van der Waals surface area contributed by atoms with Gasteiger partial charge in [0.25, 0.3) is 5.91 Å². The Labute approximate surface area is 725 Å². The molecule has 1 saturated carbocycles. The van der Waals surface area contributed by atoms with E-state index in [0.717, 1.165) is 257 Å². The fraction of sp³-hybridized carbons (Fsp3) is 0.574. The molecule has 6 aromatic carbocycles. The first-order chi connectivity index (χ1) is 57.7. The lowest BCUT2D eigenvalue weighted by Gasteiger charge is -2.32. The highest BCUT2D eigenvalue weighted by Gasteiger charge is 2.34. The number of carbonyl (C=O) groups is 4. The largest absolute Gasteiger partial charge is 0.368 e. The Hall–Kier alpha value is -8.54. The van der Waals surface area contributed by atoms with E-state index in [1.54, 1.807) is 14.0 Å². The van der Waals surface area contributed by atoms with Crippen molar-refractivity contribution >= 4 is 94.7 Å². The molecule has 10 N–H and O–H groups in total. The number of sulfonamides is 1. The van der Waals surface area contributed by atoms with Gasteiger partial charge in [-0.1, -0.05) is 126 Å². The van der Waals surface area contributed by atoms with Gasteiger partial charge in [-0.15, -0.1) is 0 Å². The molecule has 0 bridgehead atoms. The predicted molar refractivity (Wildman–Crippen MR) is 504 cm³/mol. The number of amides is 4. The van der Waals surface area contributed by atoms with Crippen LogP contribution in [0.15, 0.2) is 114 Å². The van der Waals surface area contributed by atoms with Gasteiger partial charge in [-0.05, 0) is 167 Å². The van der Waals surface area contributed by atoms with Gasteiger partial charge >= 0.3 is 6.03 Å². The maximum absolute atomic E-state index is 13.1. The summed E-state index contributed by atoms with van der Waals surface area (Å²) in [7, 11) is -4.84. The normalized spacial score (nSPS) is 17.8. The van der Waals surface area contributed by atoms with Crippen LogP contribution in [0, 0.1) is 11.8 Å². The number of anilines is 9. The standard InChI is InChI=1S/C19H29N3O.C17H24N2O.C15H24N4O.C15H23N3O.C14H23N3O2S.C14H22N2O2S/c1-14(2)16-4-5-18(21-10-7-20-8-11-21)17(12-16)19(23)22-9-6-15(3)13-22;1-12(2)14-5-6-16(19-9-7-18-8-10-19)15(11-14)17(20)13-3-4-13;1-11(2)12-4-5-14(19-8-6-17-7-9-19)13(10-12)18-15(20)16-3;1-11(2)13-4-5-15(14(10-13)17-12(3)19)18-8-6-16-7-9-18;1-11(2)12-4-5-14(17-8-6-15-7-9-17)13(10-12)16-20(3,18)19;1-11(2)12-4-5-13(14(10-12)19(3,17)18)16-8-6-15-7-9-16/h4-5,12,14-15,20H,6-11,13H2,1-3H3;5-6,11-13,18H,3-4,7-10H2,1-2H3;4-5,10-11,17H,6-9H2,1-3H3,(H2,16,18,20);4-5,10-11,16H,6-9H2,1-3H3,(H,17,19);4-5,10-11,15-16H,6-9H2,1-3H3;4-5,10-11,15H,6-9H2,1-3H3. The first-order valence-electron chi connectivity index (χ1n) is 44.5. The topological polar surface area (TPSA) is 280 Å². The van der Waals surface area contributed by atoms with Gasteiger partial charge in [-0.25, -0.2) is 21.6 Å². The van der Waals surface area contributed by atoms with Crippen molar-refractivity contribution in [2.75, 3.05) is 234 Å². The molecular formula is C94H145N17O8S2. The molecular weight excluding hydrogens is 1560 g/mol. The van der Waals surface area contributed by atoms with Crippen molar-refractivity contribution in [3.8, 4) is 0 Å². The Balaban J connectivity index is 0.000000165. The van der Waals surface area contributed by atoms with Crippen LogP contribution < -0.4 is 82.0 Å². The highest BCUT2D eigenvalue weighted by molar-refractivity contribution is 7.92. The van der Waals surface area contributed by atoms with Crippen molar-refractivity contribution in [3.63, 3.8) is 0 Å². The number of Topliss-reactive ketones (excluding diaryl/α,β-unsaturated/α-hetero) is 1. The maximum Gasteiger partial charge on any atom is 0.319 e. The molecule has 25 nitrogen and oxygen atoms in total. The maximum atomic E-state index is 13.1. The van der Waals surface area contributed by atoms with Crippen LogP contribution in [0.4, 0.5) is 56.0 Å². The molecule has 0 spiro atoms. The van der Waals surface area contributed by atoms with E-state index in [-0.39, 0.29) is 17.8 Å². The molecule has 0 aromatic heterocycles. The zero-order valence-electron chi connectivity index (χ0n) is 75.7. The second-order valence-corrected chi connectivity index (χ2v) is 39.0. The number of rotatable bonds is 20. The van der Waals surface area contributed by atoms with Crippen LogP contribution >= 0.6 is 0 Å². The third kappa shape index (κ3) is 29.0. The minimum absolute atomic E-state index is 0.0164. The Morgan fingerprint density at radius 3 is 0.992 bits per heavy atom. The zero-order valence-corrected chi connectivity index (χ0v) is 77.4. The van der Waals surface area contributed by atoms with Crippen molar-refractivity contribution < 1.29 is 36.0 Å². The summed E-state index contributed by atoms with van der Waals surface area (Å²) in [6, 6.07) is 37.4. The van der Waals surface area contributed by atoms with Crippen LogP contribution in [0.2, 0.25) is 0 Å². The minimum atomic E-state index is -3.27. The summed E-state index contributed by atoms with van der Waals surface area (Å²) >= 11 is 0. The van der Waals surface area contributed by atoms with E-state index in [0.29, 0.717) is 63.7 Å². The van der Waals surface area contributed by atoms with Crippen molar-refractivity contribution in [1.82, 2.24) is 42.1 Å². The molecule has 7 heterocycles. The average Bonchev–Trinajstić information content (AvgIpc) is 1.57. The molecule has 8 fully saturated rings. The number of hydrogen-bond donors (Lipinski definition) is 10. The van der Waals surface area contributed by atoms with E-state index in [1.807, 2.05) is 35.2 Å². The molecule has 27 heteroatoms. The summed E-state index contributed by atoms with van der Waals surface area (Å²) in [5, 5.41) is 28.5. The van der Waals surface area contributed by atoms with Crippen LogP contribution in [0.5, 0.6) is 0 Å². The second-order valence-electron chi connectivity index (χ2n) is 35.3. The third-order valence-corrected chi connectivity index (χ3v) is 25.2. The van der Waals surface area contributed by atoms with Crippen LogP contribution in [-0.2, 0) is 24.7 Å². The molecule has 0 radical (unpaired) electrons. The van der Waals surface area contributed by atoms with Gasteiger partial charge in [-0.2, -0.15) is 0 Å². The van der Waals surface area contributed by atoms with Gasteiger partial charge in [0.2, 0.25) is 15.9 Å². The van der Waals surface area contributed by atoms with Crippen LogP contribution in [0.3, 0.4) is 0 Å². The van der Waals surface area contributed by atoms with Gasteiger partial charge < -0.3 is 82.2 Å². The summed E-state index contributed by atoms with van der Waals surface area (Å²) in [5.74, 6) is 3.98. The monoisotopic (exact) mass is 1700 g/mol. The molecule has 7 saturated heterocycles. The van der Waals surface area contributed by atoms with Crippen molar-refractivity contribution in [3.05, 3.63) is 154 Å². The number of nitrogens with zero attached hydrogens (tertiary/aromatic N) is 7. The van der Waals surface area contributed by atoms with Crippen LogP contribution in [-0.4, -0.2) is 235 Å². The fourth-order valence-electron chi connectivity index (χ4n) is 15.9. The number of piperazine rings is 6. The van der Waals surface area contributed by atoms with E-state index in [2.05, 4.69) is 251 Å². The van der Waals surface area contributed by atoms with Gasteiger partial charge in [0.05, 0.1) is 56.5 Å². The molecule has 4 amide bonds. The lowest BCUT2D eigenvalue weighted by molar-refractivity contribution is -0.114. The number of ketones is 1. The molecule has 121 heavy (non-hydrogen) atoms. The number of nitrogens with one attached hydrogen (secondary N) is 10. The molecule has 1 aliphatic carbocycles. The molecule has 1 unspecified atom stereocenters. The number of carbonyl (C=O) groups excluding carboxylic acids is 4. The van der Waals surface area contributed by atoms with Crippen LogP contribution in [0.1, 0.15) is 206 Å². The van der Waals surface area contributed by atoms with E-state index >= 15 is 0 Å². The Morgan fingerprint density at radius 2 is 0.669 bits per heavy atom. The van der Waals surface area contributed by atoms with Crippen molar-refractivity contribution in [2.24, 2.45) is 11.8 Å². The molecule has 6 aromatic rings. The van der Waals surface area contributed by atoms with Gasteiger partial charge in [0.15, 0.2) is 15.6 Å². The molecule has 14 rings (SSSR count). The smallest absolute Gasteiger partial charge is 0.319 e. The van der Waals surface area contributed by atoms with E-state index in [1.165, 1.54) is 34.8 Å². The molecule has 1 atom stereocenters.